The van der Waals surface area contributed by atoms with Crippen LogP contribution in [-0.4, -0.2) is 104 Å². The van der Waals surface area contributed by atoms with Crippen LogP contribution in [0.5, 0.6) is 23.0 Å². The number of phenols is 2. The normalized spacial score (nSPS) is 23.4. The zero-order valence-corrected chi connectivity index (χ0v) is 33.8. The van der Waals surface area contributed by atoms with Crippen LogP contribution in [0.1, 0.15) is 80.0 Å². The third kappa shape index (κ3) is 7.61. The third-order valence-corrected chi connectivity index (χ3v) is 11.6. The Bertz CT molecular complexity index is 2710. The number of carbonyl (C=O) groups is 3. The van der Waals surface area contributed by atoms with Crippen LogP contribution in [0.3, 0.4) is 0 Å². The summed E-state index contributed by atoms with van der Waals surface area (Å²) in [6.07, 6.45) is -4.83. The lowest BCUT2D eigenvalue weighted by Crippen LogP contribution is -2.53. The Labute approximate surface area is 352 Å². The van der Waals surface area contributed by atoms with Gasteiger partial charge in [0.25, 0.3) is 5.91 Å². The minimum Gasteiger partial charge on any atom is -0.507 e. The lowest BCUT2D eigenvalue weighted by atomic mass is 9.72. The van der Waals surface area contributed by atoms with Crippen molar-refractivity contribution in [3.8, 4) is 23.0 Å². The topological polar surface area (TPSA) is 275 Å². The number of aliphatic hydroxyl groups excluding tert-OH is 2. The number of aromatic nitrogens is 1. The minimum absolute atomic E-state index is 0.0140. The number of hydrogen-bond donors (Lipinski definition) is 7. The van der Waals surface area contributed by atoms with Gasteiger partial charge >= 0.3 is 5.76 Å². The number of phenolic OH excluding ortho intramolecular Hbond substituents is 2. The summed E-state index contributed by atoms with van der Waals surface area (Å²) < 4.78 is 29.9. The molecule has 6 atom stereocenters. The summed E-state index contributed by atoms with van der Waals surface area (Å²) in [5.74, 6) is -3.43. The van der Waals surface area contributed by atoms with Crippen molar-refractivity contribution in [1.82, 2.24) is 9.99 Å². The van der Waals surface area contributed by atoms with E-state index < -0.39 is 84.9 Å². The molecule has 4 aromatic carbocycles. The molecule has 5 aromatic rings. The number of carbonyl (C=O) groups excluding carboxylic acids is 3. The molecule has 1 saturated heterocycles. The summed E-state index contributed by atoms with van der Waals surface area (Å²) in [6.45, 7) is 2.05. The van der Waals surface area contributed by atoms with Crippen molar-refractivity contribution in [2.45, 2.75) is 75.9 Å². The highest BCUT2D eigenvalue weighted by atomic mass is 16.7. The smallest absolute Gasteiger partial charge is 0.420 e. The maximum atomic E-state index is 14.0. The number of aryl methyl sites for hydroxylation is 1. The van der Waals surface area contributed by atoms with Crippen LogP contribution in [0, 0.1) is 6.92 Å². The van der Waals surface area contributed by atoms with Gasteiger partial charge in [-0.05, 0) is 66.9 Å². The first-order chi connectivity index (χ1) is 29.6. The quantitative estimate of drug-likeness (QED) is 0.0728. The molecule has 0 bridgehead atoms. The maximum Gasteiger partial charge on any atom is 0.420 e. The van der Waals surface area contributed by atoms with Gasteiger partial charge in [-0.1, -0.05) is 24.3 Å². The predicted molar refractivity (Wildman–Crippen MR) is 219 cm³/mol. The Morgan fingerprint density at radius 1 is 1.03 bits per heavy atom. The Morgan fingerprint density at radius 2 is 1.82 bits per heavy atom. The van der Waals surface area contributed by atoms with E-state index in [2.05, 4.69) is 10.5 Å². The second-order valence-corrected chi connectivity index (χ2v) is 15.7. The summed E-state index contributed by atoms with van der Waals surface area (Å²) in [5, 5.41) is 59.8. The van der Waals surface area contributed by atoms with E-state index >= 15 is 0 Å². The van der Waals surface area contributed by atoms with Crippen molar-refractivity contribution in [2.24, 2.45) is 10.8 Å². The standard InChI is InChI=1S/C44H44N4O14/c1-20-7-9-29-27(11-20)48(43(56)62-29)17-22-8-10-30(28(50)12-22)59-19-34(51)47-46-33(18-49)44(57)15-23-13-25-38(42(55)37-24(40(25)53)5-4-6-31(37)58-3)41(54)36(23)32(16-44)61-35-14-26(45)39(52)21(2)60-35/h4-13,21,26,32,35,39,49-50,52,54,57H,14-19,45H2,1-3H3,(H,47,51)/b46-33+/t21-,26-,32-,35-,39+,44-/m1/s1. The number of rotatable bonds is 11. The Balaban J connectivity index is 1.03. The number of aliphatic hydroxyl groups is 3. The Kier molecular flexibility index (Phi) is 11.2. The number of benzene rings is 4. The molecule has 8 N–H and O–H groups in total. The molecule has 3 aliphatic rings. The molecular weight excluding hydrogens is 808 g/mol. The van der Waals surface area contributed by atoms with Crippen molar-refractivity contribution in [1.29, 1.82) is 0 Å². The number of amides is 1. The highest BCUT2D eigenvalue weighted by Gasteiger charge is 2.48. The van der Waals surface area contributed by atoms with E-state index in [1.165, 1.54) is 42.0 Å². The first-order valence-corrected chi connectivity index (χ1v) is 19.7. The molecule has 1 amide bonds. The van der Waals surface area contributed by atoms with Crippen molar-refractivity contribution in [2.75, 3.05) is 20.3 Å². The molecule has 0 unspecified atom stereocenters. The van der Waals surface area contributed by atoms with E-state index in [0.717, 1.165) is 5.56 Å². The van der Waals surface area contributed by atoms with Crippen LogP contribution in [-0.2, 0) is 27.2 Å². The molecule has 18 nitrogen and oxygen atoms in total. The molecule has 62 heavy (non-hydrogen) atoms. The molecule has 2 heterocycles. The Hall–Kier alpha value is -6.41. The predicted octanol–water partition coefficient (Wildman–Crippen LogP) is 2.25. The SMILES string of the molecule is COc1cccc2c1C(=O)c1c(cc3c(c1O)[C@H](O[C@@H]1C[C@@H](N)[C@@H](O)[C@@H](C)O1)C[C@@](O)(/C(CO)=N/NC(=O)COc1ccc(Cn4c(=O)oc5ccc(C)cc54)cc1O)C3)C2=O. The van der Waals surface area contributed by atoms with Gasteiger partial charge in [-0.2, -0.15) is 5.10 Å². The molecule has 18 heteroatoms. The molecule has 324 valence electrons. The largest absolute Gasteiger partial charge is 0.507 e. The molecule has 0 radical (unpaired) electrons. The number of nitrogens with two attached hydrogens (primary N) is 1. The number of nitrogens with one attached hydrogen (secondary N) is 1. The molecule has 1 aliphatic heterocycles. The monoisotopic (exact) mass is 852 g/mol. The second kappa shape index (κ2) is 16.5. The summed E-state index contributed by atoms with van der Waals surface area (Å²) in [4.78, 5) is 53.4. The number of aromatic hydroxyl groups is 2. The highest BCUT2D eigenvalue weighted by molar-refractivity contribution is 6.30. The zero-order chi connectivity index (χ0) is 44.2. The van der Waals surface area contributed by atoms with Crippen LogP contribution in [0.25, 0.3) is 11.1 Å². The fourth-order valence-electron chi connectivity index (χ4n) is 8.42. The lowest BCUT2D eigenvalue weighted by molar-refractivity contribution is -0.245. The van der Waals surface area contributed by atoms with E-state index in [-0.39, 0.29) is 75.7 Å². The molecule has 1 fully saturated rings. The van der Waals surface area contributed by atoms with Gasteiger partial charge in [0.05, 0.1) is 60.9 Å². The number of ketones is 2. The number of fused-ring (bicyclic) bond motifs is 4. The number of nitrogens with zero attached hydrogens (tertiary/aromatic N) is 2. The lowest BCUT2D eigenvalue weighted by Gasteiger charge is -2.42. The first kappa shape index (κ1) is 42.3. The van der Waals surface area contributed by atoms with E-state index in [1.54, 1.807) is 25.1 Å². The van der Waals surface area contributed by atoms with E-state index in [9.17, 15) is 44.7 Å². The molecule has 0 saturated carbocycles. The van der Waals surface area contributed by atoms with Gasteiger partial charge in [0.1, 0.15) is 17.1 Å². The van der Waals surface area contributed by atoms with Crippen LogP contribution in [0.2, 0.25) is 0 Å². The van der Waals surface area contributed by atoms with Crippen LogP contribution >= 0.6 is 0 Å². The van der Waals surface area contributed by atoms with E-state index in [4.69, 9.17) is 29.1 Å². The summed E-state index contributed by atoms with van der Waals surface area (Å²) >= 11 is 0. The Morgan fingerprint density at radius 3 is 2.55 bits per heavy atom. The molecule has 1 aromatic heterocycles. The van der Waals surface area contributed by atoms with Crippen molar-refractivity contribution >= 4 is 34.3 Å². The summed E-state index contributed by atoms with van der Waals surface area (Å²) in [6, 6.07) is 14.9. The minimum atomic E-state index is -2.08. The van der Waals surface area contributed by atoms with Gasteiger partial charge in [0.2, 0.25) is 5.78 Å². The fraction of sp³-hybridized carbons (Fsp3) is 0.341. The highest BCUT2D eigenvalue weighted by Crippen LogP contribution is 2.49. The van der Waals surface area contributed by atoms with E-state index in [0.29, 0.717) is 16.7 Å². The fourth-order valence-corrected chi connectivity index (χ4v) is 8.42. The van der Waals surface area contributed by atoms with Crippen LogP contribution in [0.4, 0.5) is 0 Å². The molecular formula is C44H44N4O14. The van der Waals surface area contributed by atoms with Gasteiger partial charge in [-0.25, -0.2) is 10.2 Å². The van der Waals surface area contributed by atoms with Crippen LogP contribution < -0.4 is 26.4 Å². The average molecular weight is 853 g/mol. The van der Waals surface area contributed by atoms with Crippen LogP contribution in [0.15, 0.2) is 75.0 Å². The molecule has 2 aliphatic carbocycles. The van der Waals surface area contributed by atoms with Crippen molar-refractivity contribution in [3.05, 3.63) is 116 Å². The average Bonchev–Trinajstić information content (AvgIpc) is 3.53. The first-order valence-electron chi connectivity index (χ1n) is 19.7. The number of hydrogen-bond acceptors (Lipinski definition) is 16. The van der Waals surface area contributed by atoms with Gasteiger partial charge in [-0.3, -0.25) is 19.0 Å². The molecule has 0 spiro atoms. The van der Waals surface area contributed by atoms with Gasteiger partial charge in [-0.15, -0.1) is 0 Å². The molecule has 8 rings (SSSR count). The van der Waals surface area contributed by atoms with Gasteiger partial charge in [0, 0.05) is 42.0 Å². The summed E-state index contributed by atoms with van der Waals surface area (Å²) in [7, 11) is 1.35. The second-order valence-electron chi connectivity index (χ2n) is 15.7. The zero-order valence-electron chi connectivity index (χ0n) is 33.8. The number of oxazole rings is 1. The third-order valence-electron chi connectivity index (χ3n) is 11.6. The maximum absolute atomic E-state index is 14.0. The number of hydrazone groups is 1. The number of methoxy groups -OCH3 is 1. The van der Waals surface area contributed by atoms with Crippen molar-refractivity contribution < 1.29 is 63.3 Å². The van der Waals surface area contributed by atoms with E-state index in [1.807, 2.05) is 19.1 Å². The van der Waals surface area contributed by atoms with Gasteiger partial charge < -0.3 is 54.6 Å². The number of ether oxygens (including phenoxy) is 4. The van der Waals surface area contributed by atoms with Crippen molar-refractivity contribution in [3.63, 3.8) is 0 Å². The summed E-state index contributed by atoms with van der Waals surface area (Å²) in [5.41, 5.74) is 8.38. The van der Waals surface area contributed by atoms with Gasteiger partial charge in [0.15, 0.2) is 35.8 Å².